The van der Waals surface area contributed by atoms with Gasteiger partial charge in [0.15, 0.2) is 0 Å². The van der Waals surface area contributed by atoms with Crippen LogP contribution in [0.15, 0.2) is 0 Å². The lowest BCUT2D eigenvalue weighted by molar-refractivity contribution is -0.145. The van der Waals surface area contributed by atoms with Gasteiger partial charge in [-0.2, -0.15) is 0 Å². The smallest absolute Gasteiger partial charge is 0.248 e. The zero-order valence-electron chi connectivity index (χ0n) is 38.6. The molecule has 1 rings (SSSR count). The van der Waals surface area contributed by atoms with E-state index in [1.54, 1.807) is 27.7 Å². The van der Waals surface area contributed by atoms with Crippen molar-refractivity contribution in [1.82, 2.24) is 31.5 Å². The highest BCUT2D eigenvalue weighted by Gasteiger charge is 2.42. The molecule has 1 aliphatic heterocycles. The summed E-state index contributed by atoms with van der Waals surface area (Å²) in [5.41, 5.74) is 4.11. The van der Waals surface area contributed by atoms with Crippen LogP contribution in [0.5, 0.6) is 0 Å². The molecule has 0 radical (unpaired) electrons. The largest absolute Gasteiger partial charge is 0.394 e. The van der Waals surface area contributed by atoms with E-state index in [1.165, 1.54) is 49.8 Å². The first-order valence-electron chi connectivity index (χ1n) is 23.0. The molecule has 1 fully saturated rings. The first kappa shape index (κ1) is 54.3. The first-order valence-corrected chi connectivity index (χ1v) is 23.0. The van der Waals surface area contributed by atoms with E-state index in [0.717, 1.165) is 25.7 Å². The van der Waals surface area contributed by atoms with Gasteiger partial charge < -0.3 is 42.3 Å². The number of carbonyl (C=O) groups excluding carboxylic acids is 7. The first-order chi connectivity index (χ1) is 28.2. The molecule has 346 valence electrons. The van der Waals surface area contributed by atoms with Gasteiger partial charge in [-0.15, -0.1) is 0 Å². The number of hydrogen-bond acceptors (Lipinski definition) is 8. The summed E-state index contributed by atoms with van der Waals surface area (Å²) < 4.78 is 0. The maximum absolute atomic E-state index is 13.9. The average Bonchev–Trinajstić information content (AvgIpc) is 3.66. The summed E-state index contributed by atoms with van der Waals surface area (Å²) in [5, 5.41) is 23.7. The fourth-order valence-corrected chi connectivity index (χ4v) is 7.68. The van der Waals surface area contributed by atoms with Crippen LogP contribution < -0.4 is 32.3 Å². The summed E-state index contributed by atoms with van der Waals surface area (Å²) in [4.78, 5) is 94.6. The van der Waals surface area contributed by atoms with Crippen LogP contribution in [-0.2, 0) is 33.6 Å². The number of rotatable bonds is 31. The Morgan fingerprint density at radius 3 is 1.77 bits per heavy atom. The number of hydrogen-bond donors (Lipinski definition) is 7. The van der Waals surface area contributed by atoms with Crippen molar-refractivity contribution in [2.45, 2.75) is 214 Å². The molecule has 0 aliphatic carbocycles. The van der Waals surface area contributed by atoms with E-state index in [0.29, 0.717) is 32.2 Å². The summed E-state index contributed by atoms with van der Waals surface area (Å²) in [7, 11) is 0. The molecule has 0 spiro atoms. The number of aliphatic hydroxyl groups excluding tert-OH is 1. The Labute approximate surface area is 361 Å². The molecule has 5 atom stereocenters. The number of unbranched alkanes of at least 4 members (excludes halogenated alkanes) is 10. The summed E-state index contributed by atoms with van der Waals surface area (Å²) in [6, 6.07) is -4.74. The van der Waals surface area contributed by atoms with Crippen LogP contribution >= 0.6 is 0 Å². The van der Waals surface area contributed by atoms with Crippen molar-refractivity contribution in [3.8, 4) is 0 Å². The van der Waals surface area contributed by atoms with Gasteiger partial charge in [0.25, 0.3) is 0 Å². The fraction of sp³-hybridized carbons (Fsp3) is 0.844. The highest BCUT2D eigenvalue weighted by atomic mass is 16.3. The molecule has 0 aromatic rings. The van der Waals surface area contributed by atoms with E-state index in [1.807, 2.05) is 27.7 Å². The average molecular weight is 850 g/mol. The molecule has 1 unspecified atom stereocenters. The van der Waals surface area contributed by atoms with Gasteiger partial charge in [0.1, 0.15) is 29.7 Å². The maximum atomic E-state index is 13.9. The summed E-state index contributed by atoms with van der Waals surface area (Å²) >= 11 is 0. The normalized spacial score (nSPS) is 16.3. The van der Waals surface area contributed by atoms with Gasteiger partial charge >= 0.3 is 0 Å². The Morgan fingerprint density at radius 2 is 1.25 bits per heavy atom. The molecule has 7 amide bonds. The van der Waals surface area contributed by atoms with Crippen molar-refractivity contribution in [1.29, 1.82) is 0 Å². The van der Waals surface area contributed by atoms with Crippen molar-refractivity contribution in [3.63, 3.8) is 0 Å². The second kappa shape index (κ2) is 28.7. The molecule has 0 aromatic carbocycles. The Bertz CT molecular complexity index is 1350. The third kappa shape index (κ3) is 21.2. The van der Waals surface area contributed by atoms with Crippen LogP contribution in [0.4, 0.5) is 0 Å². The number of carbonyl (C=O) groups is 7. The number of nitrogens with one attached hydrogen (secondary N) is 5. The van der Waals surface area contributed by atoms with E-state index in [-0.39, 0.29) is 49.5 Å². The number of aliphatic hydroxyl groups is 1. The van der Waals surface area contributed by atoms with Crippen LogP contribution in [0, 0.1) is 17.8 Å². The monoisotopic (exact) mass is 850 g/mol. The molecule has 0 saturated carbocycles. The SMILES string of the molecule is CCCCCCCCCCCCCC(=O)NC(C)(C)C(=O)N1CCC[C@H]1C(=O)N[C@@H](CC(C)C)C(=O)N[C@H](C(=O)NC(CCC(N)=O)C(=O)N[C@H](CO)CC(C)C)C(C)C. The molecule has 0 aromatic heterocycles. The lowest BCUT2D eigenvalue weighted by Gasteiger charge is -2.34. The van der Waals surface area contributed by atoms with E-state index < -0.39 is 71.2 Å². The minimum atomic E-state index is -1.25. The topological polar surface area (TPSA) is 229 Å². The third-order valence-electron chi connectivity index (χ3n) is 11.0. The van der Waals surface area contributed by atoms with Crippen LogP contribution in [0.2, 0.25) is 0 Å². The van der Waals surface area contributed by atoms with Crippen molar-refractivity contribution in [3.05, 3.63) is 0 Å². The van der Waals surface area contributed by atoms with E-state index in [9.17, 15) is 38.7 Å². The number of nitrogens with zero attached hydrogens (tertiary/aromatic N) is 1. The van der Waals surface area contributed by atoms with Crippen molar-refractivity contribution < 1.29 is 38.7 Å². The maximum Gasteiger partial charge on any atom is 0.248 e. The predicted octanol–water partition coefficient (Wildman–Crippen LogP) is 4.52. The number of amides is 7. The van der Waals surface area contributed by atoms with Gasteiger partial charge in [-0.25, -0.2) is 0 Å². The van der Waals surface area contributed by atoms with Crippen LogP contribution in [-0.4, -0.2) is 100 Å². The minimum absolute atomic E-state index is 0.0321. The molecule has 60 heavy (non-hydrogen) atoms. The summed E-state index contributed by atoms with van der Waals surface area (Å²) in [5.74, 6) is -3.90. The minimum Gasteiger partial charge on any atom is -0.394 e. The molecular formula is C45H83N7O8. The van der Waals surface area contributed by atoms with Gasteiger partial charge in [-0.05, 0) is 70.1 Å². The highest BCUT2D eigenvalue weighted by Crippen LogP contribution is 2.23. The predicted molar refractivity (Wildman–Crippen MR) is 235 cm³/mol. The number of likely N-dealkylation sites (tertiary alicyclic amines) is 1. The van der Waals surface area contributed by atoms with Gasteiger partial charge in [-0.1, -0.05) is 113 Å². The fourth-order valence-electron chi connectivity index (χ4n) is 7.68. The molecule has 15 nitrogen and oxygen atoms in total. The Balaban J connectivity index is 2.93. The van der Waals surface area contributed by atoms with Crippen LogP contribution in [0.3, 0.4) is 0 Å². The second-order valence-electron chi connectivity index (χ2n) is 18.6. The molecule has 1 aliphatic rings. The lowest BCUT2D eigenvalue weighted by atomic mass is 9.98. The standard InChI is InChI=1S/C45H83N7O8/c1-10-11-12-13-14-15-16-17-18-19-20-23-38(55)51-45(8,9)44(60)52-26-21-22-36(52)42(58)49-35(28-31(4)5)41(57)50-39(32(6)7)43(59)48-34(24-25-37(46)54)40(56)47-33(29-53)27-30(2)3/h30-36,39,53H,10-29H2,1-9H3,(H2,46,54)(H,47,56)(H,48,59)(H,49,58)(H,50,57)(H,51,55)/t33-,34?,35-,36-,39-/m0/s1. The van der Waals surface area contributed by atoms with Gasteiger partial charge in [-0.3, -0.25) is 33.6 Å². The Morgan fingerprint density at radius 1 is 0.700 bits per heavy atom. The zero-order valence-corrected chi connectivity index (χ0v) is 38.6. The quantitative estimate of drug-likeness (QED) is 0.0490. The molecule has 15 heteroatoms. The Kier molecular flexibility index (Phi) is 26.0. The summed E-state index contributed by atoms with van der Waals surface area (Å²) in [6.45, 7) is 16.7. The van der Waals surface area contributed by atoms with Crippen molar-refractivity contribution in [2.24, 2.45) is 23.5 Å². The van der Waals surface area contributed by atoms with Gasteiger partial charge in [0.05, 0.1) is 12.6 Å². The molecule has 1 saturated heterocycles. The highest BCUT2D eigenvalue weighted by molar-refractivity contribution is 5.97. The zero-order chi connectivity index (χ0) is 45.4. The molecule has 8 N–H and O–H groups in total. The van der Waals surface area contributed by atoms with Crippen molar-refractivity contribution >= 4 is 41.4 Å². The van der Waals surface area contributed by atoms with Gasteiger partial charge in [0.2, 0.25) is 41.4 Å². The van der Waals surface area contributed by atoms with Crippen LogP contribution in [0.25, 0.3) is 0 Å². The molecule has 0 bridgehead atoms. The van der Waals surface area contributed by atoms with Crippen LogP contribution in [0.1, 0.15) is 178 Å². The summed E-state index contributed by atoms with van der Waals surface area (Å²) in [6.07, 6.45) is 14.7. The molecular weight excluding hydrogens is 767 g/mol. The van der Waals surface area contributed by atoms with E-state index in [2.05, 4.69) is 33.5 Å². The van der Waals surface area contributed by atoms with Crippen molar-refractivity contribution in [2.75, 3.05) is 13.2 Å². The lowest BCUT2D eigenvalue weighted by Crippen LogP contribution is -2.61. The molecule has 1 heterocycles. The second-order valence-corrected chi connectivity index (χ2v) is 18.6. The number of nitrogens with two attached hydrogens (primary N) is 1. The Hall–Kier alpha value is -3.75. The van der Waals surface area contributed by atoms with E-state index >= 15 is 0 Å². The number of primary amides is 1. The third-order valence-corrected chi connectivity index (χ3v) is 11.0. The van der Waals surface area contributed by atoms with E-state index in [4.69, 9.17) is 5.73 Å². The van der Waals surface area contributed by atoms with Gasteiger partial charge in [0, 0.05) is 19.4 Å².